The normalized spacial score (nSPS) is 37.5. The zero-order chi connectivity index (χ0) is 7.56. The first-order valence-electron chi connectivity index (χ1n) is 4.00. The second-order valence-corrected chi connectivity index (χ2v) is 3.29. The molecule has 0 saturated carbocycles. The van der Waals surface area contributed by atoms with E-state index in [0.717, 1.165) is 13.0 Å². The van der Waals surface area contributed by atoms with Crippen LogP contribution < -0.4 is 0 Å². The maximum Gasteiger partial charge on any atom is 0.0831 e. The number of hydrogen-bond donors (Lipinski definition) is 1. The fourth-order valence-corrected chi connectivity index (χ4v) is 1.28. The average molecular weight is 144 g/mol. The molecule has 1 heterocycles. The van der Waals surface area contributed by atoms with Crippen LogP contribution >= 0.6 is 0 Å². The zero-order valence-electron chi connectivity index (χ0n) is 6.71. The van der Waals surface area contributed by atoms with Gasteiger partial charge in [-0.25, -0.2) is 0 Å². The summed E-state index contributed by atoms with van der Waals surface area (Å²) in [5.74, 6) is 0.676. The Morgan fingerprint density at radius 1 is 1.50 bits per heavy atom. The topological polar surface area (TPSA) is 29.5 Å². The third-order valence-corrected chi connectivity index (χ3v) is 2.08. The van der Waals surface area contributed by atoms with E-state index in [-0.39, 0.29) is 12.2 Å². The predicted octanol–water partition coefficient (Wildman–Crippen LogP) is 1.18. The van der Waals surface area contributed by atoms with Crippen LogP contribution in [-0.2, 0) is 4.74 Å². The standard InChI is InChI=1S/C8H16O2/c1-6-3-4-8(7(2)9)10-5-6/h6-9H,3-5H2,1-2H3. The van der Waals surface area contributed by atoms with E-state index in [9.17, 15) is 0 Å². The molecule has 0 aromatic rings. The highest BCUT2D eigenvalue weighted by Gasteiger charge is 2.21. The van der Waals surface area contributed by atoms with Gasteiger partial charge in [0.15, 0.2) is 0 Å². The molecule has 1 aliphatic rings. The van der Waals surface area contributed by atoms with E-state index < -0.39 is 0 Å². The summed E-state index contributed by atoms with van der Waals surface area (Å²) in [5, 5.41) is 9.14. The van der Waals surface area contributed by atoms with E-state index in [4.69, 9.17) is 9.84 Å². The van der Waals surface area contributed by atoms with Gasteiger partial charge < -0.3 is 9.84 Å². The van der Waals surface area contributed by atoms with Crippen molar-refractivity contribution >= 4 is 0 Å². The molecular formula is C8H16O2. The molecule has 0 bridgehead atoms. The summed E-state index contributed by atoms with van der Waals surface area (Å²) < 4.78 is 5.40. The van der Waals surface area contributed by atoms with E-state index in [1.54, 1.807) is 6.92 Å². The van der Waals surface area contributed by atoms with E-state index >= 15 is 0 Å². The van der Waals surface area contributed by atoms with Crippen molar-refractivity contribution in [3.8, 4) is 0 Å². The summed E-state index contributed by atoms with van der Waals surface area (Å²) in [7, 11) is 0. The number of aliphatic hydroxyl groups excluding tert-OH is 1. The molecule has 0 radical (unpaired) electrons. The SMILES string of the molecule is CC1CCC(C(C)O)OC1. The van der Waals surface area contributed by atoms with E-state index in [0.29, 0.717) is 5.92 Å². The summed E-state index contributed by atoms with van der Waals surface area (Å²) in [6.07, 6.45) is 2.00. The fourth-order valence-electron chi connectivity index (χ4n) is 1.28. The third-order valence-electron chi connectivity index (χ3n) is 2.08. The third kappa shape index (κ3) is 1.96. The van der Waals surface area contributed by atoms with Crippen molar-refractivity contribution in [3.63, 3.8) is 0 Å². The Balaban J connectivity index is 2.26. The second kappa shape index (κ2) is 3.35. The Bertz CT molecular complexity index is 93.4. The van der Waals surface area contributed by atoms with Crippen molar-refractivity contribution in [1.82, 2.24) is 0 Å². The summed E-state index contributed by atoms with van der Waals surface area (Å²) in [6, 6.07) is 0. The maximum atomic E-state index is 9.14. The largest absolute Gasteiger partial charge is 0.391 e. The van der Waals surface area contributed by atoms with E-state index in [1.807, 2.05) is 0 Å². The summed E-state index contributed by atoms with van der Waals surface area (Å²) in [5.41, 5.74) is 0. The molecule has 1 rings (SSSR count). The molecule has 0 aliphatic carbocycles. The molecule has 1 fully saturated rings. The van der Waals surface area contributed by atoms with Gasteiger partial charge in [-0.2, -0.15) is 0 Å². The van der Waals surface area contributed by atoms with E-state index in [1.165, 1.54) is 6.42 Å². The first-order chi connectivity index (χ1) is 4.70. The van der Waals surface area contributed by atoms with Gasteiger partial charge in [0.05, 0.1) is 12.2 Å². The molecule has 2 heteroatoms. The van der Waals surface area contributed by atoms with Crippen LogP contribution in [0.4, 0.5) is 0 Å². The molecule has 1 N–H and O–H groups in total. The lowest BCUT2D eigenvalue weighted by Crippen LogP contribution is -2.32. The smallest absolute Gasteiger partial charge is 0.0831 e. The molecule has 60 valence electrons. The highest BCUT2D eigenvalue weighted by molar-refractivity contribution is 4.71. The lowest BCUT2D eigenvalue weighted by molar-refractivity contribution is -0.0715. The van der Waals surface area contributed by atoms with Crippen LogP contribution in [0.5, 0.6) is 0 Å². The molecule has 3 unspecified atom stereocenters. The van der Waals surface area contributed by atoms with Crippen LogP contribution in [0.1, 0.15) is 26.7 Å². The minimum absolute atomic E-state index is 0.0937. The van der Waals surface area contributed by atoms with Crippen molar-refractivity contribution in [1.29, 1.82) is 0 Å². The molecule has 1 aliphatic heterocycles. The van der Waals surface area contributed by atoms with Crippen LogP contribution in [0, 0.1) is 5.92 Å². The van der Waals surface area contributed by atoms with Gasteiger partial charge in [-0.3, -0.25) is 0 Å². The highest BCUT2D eigenvalue weighted by Crippen LogP contribution is 2.19. The second-order valence-electron chi connectivity index (χ2n) is 3.29. The van der Waals surface area contributed by atoms with Crippen LogP contribution in [0.2, 0.25) is 0 Å². The van der Waals surface area contributed by atoms with Crippen molar-refractivity contribution in [2.45, 2.75) is 38.9 Å². The molecule has 0 aromatic carbocycles. The van der Waals surface area contributed by atoms with Crippen molar-refractivity contribution in [2.24, 2.45) is 5.92 Å². The molecule has 10 heavy (non-hydrogen) atoms. The molecule has 0 aromatic heterocycles. The maximum absolute atomic E-state index is 9.14. The zero-order valence-corrected chi connectivity index (χ0v) is 6.71. The van der Waals surface area contributed by atoms with Crippen LogP contribution in [0.25, 0.3) is 0 Å². The Morgan fingerprint density at radius 2 is 2.20 bits per heavy atom. The lowest BCUT2D eigenvalue weighted by Gasteiger charge is -2.28. The fraction of sp³-hybridized carbons (Fsp3) is 1.00. The minimum atomic E-state index is -0.299. The first kappa shape index (κ1) is 8.02. The summed E-state index contributed by atoms with van der Waals surface area (Å²) >= 11 is 0. The summed E-state index contributed by atoms with van der Waals surface area (Å²) in [6.45, 7) is 4.79. The quantitative estimate of drug-likeness (QED) is 0.599. The van der Waals surface area contributed by atoms with Gasteiger partial charge in [0.1, 0.15) is 0 Å². The van der Waals surface area contributed by atoms with Gasteiger partial charge in [0.25, 0.3) is 0 Å². The highest BCUT2D eigenvalue weighted by atomic mass is 16.5. The predicted molar refractivity (Wildman–Crippen MR) is 39.8 cm³/mol. The van der Waals surface area contributed by atoms with Crippen LogP contribution in [0.15, 0.2) is 0 Å². The first-order valence-corrected chi connectivity index (χ1v) is 4.00. The van der Waals surface area contributed by atoms with Gasteiger partial charge in [-0.15, -0.1) is 0 Å². The Labute approximate surface area is 62.2 Å². The van der Waals surface area contributed by atoms with Crippen LogP contribution in [0.3, 0.4) is 0 Å². The number of hydrogen-bond acceptors (Lipinski definition) is 2. The average Bonchev–Trinajstić information content (AvgIpc) is 1.88. The number of rotatable bonds is 1. The van der Waals surface area contributed by atoms with Gasteiger partial charge in [0.2, 0.25) is 0 Å². The molecule has 2 nitrogen and oxygen atoms in total. The Hall–Kier alpha value is -0.0800. The van der Waals surface area contributed by atoms with Gasteiger partial charge in [-0.05, 0) is 25.7 Å². The Kier molecular flexibility index (Phi) is 2.69. The molecular weight excluding hydrogens is 128 g/mol. The minimum Gasteiger partial charge on any atom is -0.391 e. The van der Waals surface area contributed by atoms with Crippen LogP contribution in [-0.4, -0.2) is 23.9 Å². The Morgan fingerprint density at radius 3 is 2.60 bits per heavy atom. The van der Waals surface area contributed by atoms with E-state index in [2.05, 4.69) is 6.92 Å². The molecule has 1 saturated heterocycles. The van der Waals surface area contributed by atoms with Crippen molar-refractivity contribution in [2.75, 3.05) is 6.61 Å². The van der Waals surface area contributed by atoms with Gasteiger partial charge in [0, 0.05) is 6.61 Å². The van der Waals surface area contributed by atoms with Gasteiger partial charge >= 0.3 is 0 Å². The number of ether oxygens (including phenoxy) is 1. The molecule has 0 spiro atoms. The molecule has 0 amide bonds. The summed E-state index contributed by atoms with van der Waals surface area (Å²) in [4.78, 5) is 0. The number of aliphatic hydroxyl groups is 1. The monoisotopic (exact) mass is 144 g/mol. The van der Waals surface area contributed by atoms with Crippen molar-refractivity contribution in [3.05, 3.63) is 0 Å². The lowest BCUT2D eigenvalue weighted by atomic mass is 9.98. The van der Waals surface area contributed by atoms with Crippen molar-refractivity contribution < 1.29 is 9.84 Å². The van der Waals surface area contributed by atoms with Gasteiger partial charge in [-0.1, -0.05) is 6.92 Å². The molecule has 3 atom stereocenters.